The Morgan fingerprint density at radius 1 is 1.33 bits per heavy atom. The molecule has 0 fully saturated rings. The molecule has 15 heavy (non-hydrogen) atoms. The summed E-state index contributed by atoms with van der Waals surface area (Å²) in [5.41, 5.74) is 1.01. The van der Waals surface area contributed by atoms with E-state index in [1.807, 2.05) is 18.2 Å². The third-order valence-corrected chi connectivity index (χ3v) is 2.93. The third kappa shape index (κ3) is 4.66. The van der Waals surface area contributed by atoms with E-state index in [4.69, 9.17) is 0 Å². The number of carbonyl (C=O) groups excluding carboxylic acids is 1. The van der Waals surface area contributed by atoms with E-state index in [1.165, 1.54) is 6.92 Å². The maximum Gasteiger partial charge on any atom is 0.216 e. The number of hydrogen-bond acceptors (Lipinski definition) is 2. The van der Waals surface area contributed by atoms with Crippen LogP contribution in [-0.4, -0.2) is 19.0 Å². The minimum atomic E-state index is -0.00916. The molecule has 1 aromatic carbocycles. The first-order valence-electron chi connectivity index (χ1n) is 4.53. The van der Waals surface area contributed by atoms with Crippen LogP contribution in [-0.2, 0) is 4.79 Å². The lowest BCUT2D eigenvalue weighted by Gasteiger charge is -2.09. The van der Waals surface area contributed by atoms with Crippen molar-refractivity contribution in [2.24, 2.45) is 0 Å². The summed E-state index contributed by atoms with van der Waals surface area (Å²) in [7, 11) is 0. The maximum atomic E-state index is 10.6. The second-order valence-corrected chi connectivity index (χ2v) is 4.80. The van der Waals surface area contributed by atoms with Gasteiger partial charge < -0.3 is 10.6 Å². The second-order valence-electron chi connectivity index (χ2n) is 3.03. The normalized spacial score (nSPS) is 9.80. The van der Waals surface area contributed by atoms with Gasteiger partial charge in [0.2, 0.25) is 5.91 Å². The second kappa shape index (κ2) is 6.12. The molecule has 0 saturated heterocycles. The van der Waals surface area contributed by atoms with Gasteiger partial charge in [-0.05, 0) is 34.1 Å². The summed E-state index contributed by atoms with van der Waals surface area (Å²) in [6.07, 6.45) is 0. The molecular formula is C10H12Br2N2O. The summed E-state index contributed by atoms with van der Waals surface area (Å²) in [4.78, 5) is 10.6. The molecule has 0 aliphatic heterocycles. The maximum absolute atomic E-state index is 10.6. The number of halogens is 2. The van der Waals surface area contributed by atoms with Crippen LogP contribution in [0, 0.1) is 0 Å². The largest absolute Gasteiger partial charge is 0.382 e. The van der Waals surface area contributed by atoms with Gasteiger partial charge in [-0.3, -0.25) is 4.79 Å². The van der Waals surface area contributed by atoms with E-state index in [0.29, 0.717) is 13.1 Å². The van der Waals surface area contributed by atoms with E-state index in [0.717, 1.165) is 14.6 Å². The third-order valence-electron chi connectivity index (χ3n) is 1.74. The predicted octanol–water partition coefficient (Wildman–Crippen LogP) is 2.76. The zero-order chi connectivity index (χ0) is 11.3. The first-order valence-corrected chi connectivity index (χ1v) is 6.11. The predicted molar refractivity (Wildman–Crippen MR) is 69.0 cm³/mol. The van der Waals surface area contributed by atoms with E-state index < -0.39 is 0 Å². The number of rotatable bonds is 4. The highest BCUT2D eigenvalue weighted by Gasteiger charge is 1.99. The van der Waals surface area contributed by atoms with Crippen molar-refractivity contribution in [3.63, 3.8) is 0 Å². The molecule has 3 nitrogen and oxygen atoms in total. The van der Waals surface area contributed by atoms with Crippen molar-refractivity contribution in [3.05, 3.63) is 27.1 Å². The quantitative estimate of drug-likeness (QED) is 0.831. The van der Waals surface area contributed by atoms with Gasteiger partial charge >= 0.3 is 0 Å². The molecule has 0 bridgehead atoms. The van der Waals surface area contributed by atoms with Crippen LogP contribution in [0.2, 0.25) is 0 Å². The van der Waals surface area contributed by atoms with Crippen LogP contribution in [0.25, 0.3) is 0 Å². The Labute approximate surface area is 106 Å². The Morgan fingerprint density at radius 3 is 2.73 bits per heavy atom. The van der Waals surface area contributed by atoms with E-state index in [-0.39, 0.29) is 5.91 Å². The van der Waals surface area contributed by atoms with Gasteiger partial charge in [0.25, 0.3) is 0 Å². The monoisotopic (exact) mass is 334 g/mol. The van der Waals surface area contributed by atoms with Crippen LogP contribution in [0.1, 0.15) is 6.92 Å². The van der Waals surface area contributed by atoms with Gasteiger partial charge in [0.1, 0.15) is 0 Å². The summed E-state index contributed by atoms with van der Waals surface area (Å²) in [6, 6.07) is 5.91. The van der Waals surface area contributed by atoms with E-state index in [1.54, 1.807) is 0 Å². The lowest BCUT2D eigenvalue weighted by molar-refractivity contribution is -0.118. The number of benzene rings is 1. The molecule has 82 valence electrons. The molecule has 0 saturated carbocycles. The first-order chi connectivity index (χ1) is 7.09. The summed E-state index contributed by atoms with van der Waals surface area (Å²) in [5.74, 6) is -0.00916. The fraction of sp³-hybridized carbons (Fsp3) is 0.300. The summed E-state index contributed by atoms with van der Waals surface area (Å²) in [5, 5.41) is 5.94. The fourth-order valence-corrected chi connectivity index (χ4v) is 1.82. The number of hydrogen-bond donors (Lipinski definition) is 2. The molecule has 1 amide bonds. The van der Waals surface area contributed by atoms with Crippen molar-refractivity contribution < 1.29 is 4.79 Å². The van der Waals surface area contributed by atoms with Gasteiger partial charge in [-0.25, -0.2) is 0 Å². The molecule has 0 aromatic heterocycles. The van der Waals surface area contributed by atoms with Gasteiger partial charge in [0.05, 0.1) is 0 Å². The van der Waals surface area contributed by atoms with Crippen LogP contribution in [0.15, 0.2) is 27.1 Å². The van der Waals surface area contributed by atoms with Crippen molar-refractivity contribution in [2.75, 3.05) is 18.4 Å². The Balaban J connectivity index is 2.43. The Hall–Kier alpha value is -0.550. The Kier molecular flexibility index (Phi) is 5.11. The minimum Gasteiger partial charge on any atom is -0.382 e. The summed E-state index contributed by atoms with van der Waals surface area (Å²) >= 11 is 6.84. The zero-order valence-electron chi connectivity index (χ0n) is 8.31. The van der Waals surface area contributed by atoms with Gasteiger partial charge in [0.15, 0.2) is 0 Å². The molecule has 1 aromatic rings. The molecule has 0 heterocycles. The molecule has 0 aliphatic rings. The molecule has 0 radical (unpaired) electrons. The SMILES string of the molecule is CC(=O)NCCNc1cc(Br)ccc1Br. The van der Waals surface area contributed by atoms with Gasteiger partial charge in [-0.2, -0.15) is 0 Å². The number of anilines is 1. The van der Waals surface area contributed by atoms with E-state index in [2.05, 4.69) is 42.5 Å². The lowest BCUT2D eigenvalue weighted by atomic mass is 10.3. The average molecular weight is 336 g/mol. The Bertz CT molecular complexity index is 355. The zero-order valence-corrected chi connectivity index (χ0v) is 11.5. The van der Waals surface area contributed by atoms with Crippen molar-refractivity contribution in [1.29, 1.82) is 0 Å². The number of nitrogens with one attached hydrogen (secondary N) is 2. The van der Waals surface area contributed by atoms with Crippen molar-refractivity contribution in [2.45, 2.75) is 6.92 Å². The van der Waals surface area contributed by atoms with Crippen LogP contribution in [0.3, 0.4) is 0 Å². The van der Waals surface area contributed by atoms with E-state index >= 15 is 0 Å². The van der Waals surface area contributed by atoms with Gasteiger partial charge in [0, 0.05) is 34.6 Å². The van der Waals surface area contributed by atoms with Crippen LogP contribution < -0.4 is 10.6 Å². The van der Waals surface area contributed by atoms with Crippen LogP contribution in [0.4, 0.5) is 5.69 Å². The van der Waals surface area contributed by atoms with Crippen molar-refractivity contribution in [1.82, 2.24) is 5.32 Å². The van der Waals surface area contributed by atoms with E-state index in [9.17, 15) is 4.79 Å². The lowest BCUT2D eigenvalue weighted by Crippen LogP contribution is -2.26. The molecule has 0 unspecified atom stereocenters. The highest BCUT2D eigenvalue weighted by Crippen LogP contribution is 2.25. The van der Waals surface area contributed by atoms with Crippen LogP contribution >= 0.6 is 31.9 Å². The average Bonchev–Trinajstić information content (AvgIpc) is 2.17. The van der Waals surface area contributed by atoms with Crippen molar-refractivity contribution in [3.8, 4) is 0 Å². The summed E-state index contributed by atoms with van der Waals surface area (Å²) < 4.78 is 2.03. The summed E-state index contributed by atoms with van der Waals surface area (Å²) in [6.45, 7) is 2.83. The van der Waals surface area contributed by atoms with Crippen LogP contribution in [0.5, 0.6) is 0 Å². The topological polar surface area (TPSA) is 41.1 Å². The molecule has 0 spiro atoms. The van der Waals surface area contributed by atoms with Gasteiger partial charge in [-0.1, -0.05) is 15.9 Å². The molecule has 5 heteroatoms. The smallest absolute Gasteiger partial charge is 0.216 e. The fourth-order valence-electron chi connectivity index (χ4n) is 1.07. The van der Waals surface area contributed by atoms with Crippen molar-refractivity contribution >= 4 is 43.5 Å². The molecular weight excluding hydrogens is 324 g/mol. The number of carbonyl (C=O) groups is 1. The first kappa shape index (κ1) is 12.5. The molecule has 2 N–H and O–H groups in total. The highest BCUT2D eigenvalue weighted by molar-refractivity contribution is 9.11. The number of amides is 1. The highest BCUT2D eigenvalue weighted by atomic mass is 79.9. The molecule has 1 rings (SSSR count). The Morgan fingerprint density at radius 2 is 2.07 bits per heavy atom. The molecule has 0 atom stereocenters. The standard InChI is InChI=1S/C10H12Br2N2O/c1-7(15)13-4-5-14-10-6-8(11)2-3-9(10)12/h2-3,6,14H,4-5H2,1H3,(H,13,15). The van der Waals surface area contributed by atoms with Gasteiger partial charge in [-0.15, -0.1) is 0 Å². The molecule has 0 aliphatic carbocycles. The minimum absolute atomic E-state index is 0.00916.